The lowest BCUT2D eigenvalue weighted by Crippen LogP contribution is -2.06. The van der Waals surface area contributed by atoms with Crippen LogP contribution in [0.1, 0.15) is 17.0 Å². The van der Waals surface area contributed by atoms with Crippen molar-refractivity contribution in [1.82, 2.24) is 9.97 Å². The standard InChI is InChI=1S/C19H15F3N2OS/c1-12-23-16(14-8-5-9-15(10-14)19(20,21)22)17(26)18(24-12)25-11-13-6-3-2-4-7-13/h2-10,26H,11H2,1H3. The predicted molar refractivity (Wildman–Crippen MR) is 95.2 cm³/mol. The maximum absolute atomic E-state index is 13.0. The zero-order chi connectivity index (χ0) is 18.7. The van der Waals surface area contributed by atoms with Crippen LogP contribution >= 0.6 is 12.6 Å². The van der Waals surface area contributed by atoms with E-state index < -0.39 is 11.7 Å². The minimum Gasteiger partial charge on any atom is -0.472 e. The molecule has 3 aromatic rings. The number of ether oxygens (including phenoxy) is 1. The molecule has 0 unspecified atom stereocenters. The molecule has 0 atom stereocenters. The van der Waals surface area contributed by atoms with E-state index in [1.165, 1.54) is 6.07 Å². The van der Waals surface area contributed by atoms with Crippen LogP contribution in [0.15, 0.2) is 59.5 Å². The van der Waals surface area contributed by atoms with Crippen molar-refractivity contribution < 1.29 is 17.9 Å². The summed E-state index contributed by atoms with van der Waals surface area (Å²) in [7, 11) is 0. The molecule has 0 bridgehead atoms. The molecule has 1 aromatic heterocycles. The minimum atomic E-state index is -4.43. The van der Waals surface area contributed by atoms with Crippen LogP contribution in [0.2, 0.25) is 0 Å². The van der Waals surface area contributed by atoms with Gasteiger partial charge in [-0.05, 0) is 24.6 Å². The number of aryl methyl sites for hydroxylation is 1. The summed E-state index contributed by atoms with van der Waals surface area (Å²) in [5.41, 5.74) is 0.803. The number of alkyl halides is 3. The SMILES string of the molecule is Cc1nc(OCc2ccccc2)c(S)c(-c2cccc(C(F)(F)F)c2)n1. The summed E-state index contributed by atoms with van der Waals surface area (Å²) in [6.07, 6.45) is -4.43. The lowest BCUT2D eigenvalue weighted by Gasteiger charge is -2.13. The number of hydrogen-bond acceptors (Lipinski definition) is 4. The van der Waals surface area contributed by atoms with Gasteiger partial charge in [-0.1, -0.05) is 42.5 Å². The quantitative estimate of drug-likeness (QED) is 0.625. The van der Waals surface area contributed by atoms with Crippen LogP contribution in [0.4, 0.5) is 13.2 Å². The molecular formula is C19H15F3N2OS. The van der Waals surface area contributed by atoms with E-state index in [0.29, 0.717) is 22.0 Å². The van der Waals surface area contributed by atoms with Crippen LogP contribution in [-0.2, 0) is 12.8 Å². The van der Waals surface area contributed by atoms with Crippen LogP contribution in [0, 0.1) is 6.92 Å². The Kier molecular flexibility index (Phi) is 5.18. The van der Waals surface area contributed by atoms with E-state index in [2.05, 4.69) is 22.6 Å². The van der Waals surface area contributed by atoms with Crippen molar-refractivity contribution in [1.29, 1.82) is 0 Å². The number of nitrogens with zero attached hydrogens (tertiary/aromatic N) is 2. The average Bonchev–Trinajstić information content (AvgIpc) is 2.62. The Hall–Kier alpha value is -2.54. The maximum Gasteiger partial charge on any atom is 0.416 e. The molecule has 0 N–H and O–H groups in total. The minimum absolute atomic E-state index is 0.233. The summed E-state index contributed by atoms with van der Waals surface area (Å²) in [4.78, 5) is 8.76. The summed E-state index contributed by atoms with van der Waals surface area (Å²) < 4.78 is 44.6. The van der Waals surface area contributed by atoms with Crippen molar-refractivity contribution in [2.75, 3.05) is 0 Å². The summed E-state index contributed by atoms with van der Waals surface area (Å²) >= 11 is 4.39. The van der Waals surface area contributed by atoms with Crippen LogP contribution in [-0.4, -0.2) is 9.97 Å². The molecule has 0 radical (unpaired) electrons. The molecule has 0 aliphatic carbocycles. The number of benzene rings is 2. The monoisotopic (exact) mass is 376 g/mol. The molecule has 0 fully saturated rings. The first kappa shape index (κ1) is 18.3. The van der Waals surface area contributed by atoms with Gasteiger partial charge in [0, 0.05) is 5.56 Å². The molecule has 3 nitrogen and oxygen atoms in total. The zero-order valence-electron chi connectivity index (χ0n) is 13.8. The lowest BCUT2D eigenvalue weighted by atomic mass is 10.1. The van der Waals surface area contributed by atoms with Crippen LogP contribution in [0.25, 0.3) is 11.3 Å². The van der Waals surface area contributed by atoms with Crippen molar-refractivity contribution in [3.63, 3.8) is 0 Å². The van der Waals surface area contributed by atoms with E-state index in [1.807, 2.05) is 30.3 Å². The third-order valence-electron chi connectivity index (χ3n) is 3.65. The molecule has 0 spiro atoms. The van der Waals surface area contributed by atoms with Gasteiger partial charge < -0.3 is 4.74 Å². The van der Waals surface area contributed by atoms with E-state index in [9.17, 15) is 13.2 Å². The first-order chi connectivity index (χ1) is 12.3. The smallest absolute Gasteiger partial charge is 0.416 e. The van der Waals surface area contributed by atoms with Crippen molar-refractivity contribution in [2.45, 2.75) is 24.6 Å². The Bertz CT molecular complexity index is 914. The number of rotatable bonds is 4. The molecule has 7 heteroatoms. The fourth-order valence-electron chi connectivity index (χ4n) is 2.41. The van der Waals surface area contributed by atoms with Crippen molar-refractivity contribution in [3.8, 4) is 17.1 Å². The molecule has 0 saturated heterocycles. The number of hydrogen-bond donors (Lipinski definition) is 1. The van der Waals surface area contributed by atoms with Gasteiger partial charge in [-0.2, -0.15) is 18.2 Å². The number of halogens is 3. The van der Waals surface area contributed by atoms with Crippen molar-refractivity contribution in [3.05, 3.63) is 71.5 Å². The van der Waals surface area contributed by atoms with Gasteiger partial charge in [0.15, 0.2) is 0 Å². The topological polar surface area (TPSA) is 35.0 Å². The van der Waals surface area contributed by atoms with Gasteiger partial charge in [-0.25, -0.2) is 4.98 Å². The van der Waals surface area contributed by atoms with E-state index in [0.717, 1.165) is 17.7 Å². The molecule has 26 heavy (non-hydrogen) atoms. The molecule has 0 saturated carbocycles. The Balaban J connectivity index is 1.95. The fourth-order valence-corrected chi connectivity index (χ4v) is 2.71. The molecule has 1 heterocycles. The van der Waals surface area contributed by atoms with Crippen LogP contribution < -0.4 is 4.74 Å². The highest BCUT2D eigenvalue weighted by atomic mass is 32.1. The van der Waals surface area contributed by atoms with Gasteiger partial charge in [-0.15, -0.1) is 12.6 Å². The lowest BCUT2D eigenvalue weighted by molar-refractivity contribution is -0.137. The van der Waals surface area contributed by atoms with Gasteiger partial charge in [-0.3, -0.25) is 0 Å². The number of aromatic nitrogens is 2. The maximum atomic E-state index is 13.0. The van der Waals surface area contributed by atoms with Gasteiger partial charge in [0.25, 0.3) is 0 Å². The largest absolute Gasteiger partial charge is 0.472 e. The molecule has 0 amide bonds. The van der Waals surface area contributed by atoms with E-state index in [1.54, 1.807) is 13.0 Å². The highest BCUT2D eigenvalue weighted by Crippen LogP contribution is 2.35. The van der Waals surface area contributed by atoms with E-state index in [4.69, 9.17) is 4.74 Å². The van der Waals surface area contributed by atoms with E-state index >= 15 is 0 Å². The van der Waals surface area contributed by atoms with Gasteiger partial charge in [0.2, 0.25) is 5.88 Å². The van der Waals surface area contributed by atoms with Gasteiger partial charge in [0.05, 0.1) is 16.2 Å². The fraction of sp³-hybridized carbons (Fsp3) is 0.158. The predicted octanol–water partition coefficient (Wildman–Crippen LogP) is 5.34. The third-order valence-corrected chi connectivity index (χ3v) is 4.05. The van der Waals surface area contributed by atoms with Crippen LogP contribution in [0.3, 0.4) is 0 Å². The third kappa shape index (κ3) is 4.16. The second kappa shape index (κ2) is 7.37. The average molecular weight is 376 g/mol. The molecule has 0 aliphatic heterocycles. The summed E-state index contributed by atoms with van der Waals surface area (Å²) in [6.45, 7) is 1.92. The number of thiol groups is 1. The summed E-state index contributed by atoms with van der Waals surface area (Å²) in [5, 5.41) is 0. The molecule has 3 rings (SSSR count). The van der Waals surface area contributed by atoms with Gasteiger partial charge in [0.1, 0.15) is 12.4 Å². The highest BCUT2D eigenvalue weighted by Gasteiger charge is 2.30. The highest BCUT2D eigenvalue weighted by molar-refractivity contribution is 7.80. The first-order valence-corrected chi connectivity index (χ1v) is 8.21. The Labute approximate surface area is 154 Å². The van der Waals surface area contributed by atoms with Crippen molar-refractivity contribution in [2.24, 2.45) is 0 Å². The van der Waals surface area contributed by atoms with Crippen LogP contribution in [0.5, 0.6) is 5.88 Å². The zero-order valence-corrected chi connectivity index (χ0v) is 14.7. The molecule has 2 aromatic carbocycles. The first-order valence-electron chi connectivity index (χ1n) is 7.76. The second-order valence-corrected chi connectivity index (χ2v) is 6.07. The Morgan fingerprint density at radius 1 is 1.00 bits per heavy atom. The normalized spacial score (nSPS) is 11.4. The molecular weight excluding hydrogens is 361 g/mol. The van der Waals surface area contributed by atoms with E-state index in [-0.39, 0.29) is 12.5 Å². The molecule has 0 aliphatic rings. The Morgan fingerprint density at radius 3 is 2.42 bits per heavy atom. The second-order valence-electron chi connectivity index (χ2n) is 5.63. The summed E-state index contributed by atoms with van der Waals surface area (Å²) in [5.74, 6) is 0.621. The van der Waals surface area contributed by atoms with Crippen molar-refractivity contribution >= 4 is 12.6 Å². The summed E-state index contributed by atoms with van der Waals surface area (Å²) in [6, 6.07) is 14.4. The van der Waals surface area contributed by atoms with Gasteiger partial charge >= 0.3 is 6.18 Å². The Morgan fingerprint density at radius 2 is 1.73 bits per heavy atom. The molecule has 134 valence electrons.